The highest BCUT2D eigenvalue weighted by Gasteiger charge is 2.16. The number of hydrogen-bond donors (Lipinski definition) is 0. The van der Waals surface area contributed by atoms with Gasteiger partial charge in [0.15, 0.2) is 0 Å². The zero-order valence-corrected chi connectivity index (χ0v) is 15.2. The third-order valence-electron chi connectivity index (χ3n) is 4.75. The number of nitrogens with zero attached hydrogens (tertiary/aromatic N) is 2. The molecule has 1 heterocycles. The smallest absolute Gasteiger partial charge is 0.123 e. The molecule has 2 nitrogen and oxygen atoms in total. The summed E-state index contributed by atoms with van der Waals surface area (Å²) in [6.07, 6.45) is 4.03. The molecule has 3 heteroatoms. The summed E-state index contributed by atoms with van der Waals surface area (Å²) >= 11 is 0. The molecule has 0 bridgehead atoms. The van der Waals surface area contributed by atoms with Gasteiger partial charge in [0.05, 0.1) is 0 Å². The minimum Gasteiger partial charge on any atom is -0.346 e. The van der Waals surface area contributed by atoms with Crippen molar-refractivity contribution in [1.29, 1.82) is 0 Å². The molecule has 3 rings (SSSR count). The van der Waals surface area contributed by atoms with E-state index in [-0.39, 0.29) is 5.82 Å². The lowest BCUT2D eigenvalue weighted by atomic mass is 10.1. The molecule has 0 radical (unpaired) electrons. The molecule has 0 aliphatic carbocycles. The van der Waals surface area contributed by atoms with Crippen LogP contribution in [0.15, 0.2) is 85.6 Å². The standard InChI is InChI=1S/C23H25FN2/c1-3-15-25(19(2)21-8-5-4-6-9-21)18-23-10-7-16-26(23)17-20-11-13-22(24)14-12-20/h3-14,16,19H,1,15,17-18H2,2H3. The first kappa shape index (κ1) is 18.2. The van der Waals surface area contributed by atoms with Crippen molar-refractivity contribution in [3.8, 4) is 0 Å². The second-order valence-electron chi connectivity index (χ2n) is 6.56. The molecular formula is C23H25FN2. The molecule has 1 aromatic heterocycles. The van der Waals surface area contributed by atoms with Crippen LogP contribution >= 0.6 is 0 Å². The van der Waals surface area contributed by atoms with Crippen molar-refractivity contribution in [3.05, 3.63) is 108 Å². The van der Waals surface area contributed by atoms with Gasteiger partial charge < -0.3 is 4.57 Å². The van der Waals surface area contributed by atoms with Crippen LogP contribution < -0.4 is 0 Å². The molecule has 3 aromatic rings. The fourth-order valence-electron chi connectivity index (χ4n) is 3.21. The lowest BCUT2D eigenvalue weighted by molar-refractivity contribution is 0.220. The SMILES string of the molecule is C=CCN(Cc1cccn1Cc1ccc(F)cc1)C(C)c1ccccc1. The van der Waals surface area contributed by atoms with E-state index < -0.39 is 0 Å². The molecular weight excluding hydrogens is 323 g/mol. The zero-order valence-electron chi connectivity index (χ0n) is 15.2. The second kappa shape index (κ2) is 8.63. The van der Waals surface area contributed by atoms with Gasteiger partial charge in [-0.25, -0.2) is 4.39 Å². The number of hydrogen-bond acceptors (Lipinski definition) is 1. The number of rotatable bonds is 8. The quantitative estimate of drug-likeness (QED) is 0.493. The molecule has 134 valence electrons. The van der Waals surface area contributed by atoms with E-state index in [1.54, 1.807) is 0 Å². The van der Waals surface area contributed by atoms with Gasteiger partial charge in [-0.1, -0.05) is 48.5 Å². The highest BCUT2D eigenvalue weighted by atomic mass is 19.1. The van der Waals surface area contributed by atoms with Crippen LogP contribution in [0.2, 0.25) is 0 Å². The number of aromatic nitrogens is 1. The molecule has 1 atom stereocenters. The molecule has 0 saturated carbocycles. The molecule has 0 saturated heterocycles. The van der Waals surface area contributed by atoms with Gasteiger partial charge in [0.2, 0.25) is 0 Å². The molecule has 0 aliphatic heterocycles. The largest absolute Gasteiger partial charge is 0.346 e. The lowest BCUT2D eigenvalue weighted by Crippen LogP contribution is -2.28. The van der Waals surface area contributed by atoms with Crippen molar-refractivity contribution >= 4 is 0 Å². The van der Waals surface area contributed by atoms with Gasteiger partial charge in [-0.3, -0.25) is 4.90 Å². The predicted molar refractivity (Wildman–Crippen MR) is 105 cm³/mol. The molecule has 0 aliphatic rings. The van der Waals surface area contributed by atoms with Gasteiger partial charge in [0, 0.05) is 37.6 Å². The molecule has 0 fully saturated rings. The molecule has 26 heavy (non-hydrogen) atoms. The van der Waals surface area contributed by atoms with Crippen LogP contribution in [-0.2, 0) is 13.1 Å². The fourth-order valence-corrected chi connectivity index (χ4v) is 3.21. The summed E-state index contributed by atoms with van der Waals surface area (Å²) in [5.41, 5.74) is 3.63. The van der Waals surface area contributed by atoms with Crippen LogP contribution in [0.4, 0.5) is 4.39 Å². The summed E-state index contributed by atoms with van der Waals surface area (Å²) in [7, 11) is 0. The van der Waals surface area contributed by atoms with E-state index >= 15 is 0 Å². The maximum absolute atomic E-state index is 13.1. The van der Waals surface area contributed by atoms with Crippen molar-refractivity contribution in [1.82, 2.24) is 9.47 Å². The summed E-state index contributed by atoms with van der Waals surface area (Å²) in [5.74, 6) is -0.199. The summed E-state index contributed by atoms with van der Waals surface area (Å²) in [4.78, 5) is 2.40. The van der Waals surface area contributed by atoms with Crippen LogP contribution in [-0.4, -0.2) is 16.0 Å². The monoisotopic (exact) mass is 348 g/mol. The number of benzene rings is 2. The van der Waals surface area contributed by atoms with E-state index in [1.807, 2.05) is 24.3 Å². The van der Waals surface area contributed by atoms with Crippen LogP contribution in [0.5, 0.6) is 0 Å². The molecule has 0 spiro atoms. The van der Waals surface area contributed by atoms with Gasteiger partial charge in [0.1, 0.15) is 5.82 Å². The predicted octanol–water partition coefficient (Wildman–Crippen LogP) is 5.42. The zero-order chi connectivity index (χ0) is 18.4. The average Bonchev–Trinajstić information content (AvgIpc) is 3.10. The Hall–Kier alpha value is -2.65. The van der Waals surface area contributed by atoms with Gasteiger partial charge >= 0.3 is 0 Å². The maximum atomic E-state index is 13.1. The van der Waals surface area contributed by atoms with E-state index in [0.717, 1.165) is 25.2 Å². The van der Waals surface area contributed by atoms with E-state index in [0.29, 0.717) is 6.04 Å². The first-order valence-corrected chi connectivity index (χ1v) is 8.95. The molecule has 0 N–H and O–H groups in total. The third-order valence-corrected chi connectivity index (χ3v) is 4.75. The number of halogens is 1. The van der Waals surface area contributed by atoms with Gasteiger partial charge in [0.25, 0.3) is 0 Å². The fraction of sp³-hybridized carbons (Fsp3) is 0.217. The molecule has 1 unspecified atom stereocenters. The Kier molecular flexibility index (Phi) is 6.03. The first-order chi connectivity index (χ1) is 12.7. The van der Waals surface area contributed by atoms with Crippen LogP contribution in [0.3, 0.4) is 0 Å². The van der Waals surface area contributed by atoms with Crippen LogP contribution in [0, 0.1) is 5.82 Å². The Morgan fingerprint density at radius 3 is 2.46 bits per heavy atom. The first-order valence-electron chi connectivity index (χ1n) is 8.95. The summed E-state index contributed by atoms with van der Waals surface area (Å²) < 4.78 is 15.4. The second-order valence-corrected chi connectivity index (χ2v) is 6.56. The Balaban J connectivity index is 1.76. The van der Waals surface area contributed by atoms with Crippen molar-refractivity contribution in [2.45, 2.75) is 26.1 Å². The van der Waals surface area contributed by atoms with Crippen molar-refractivity contribution in [2.24, 2.45) is 0 Å². The van der Waals surface area contributed by atoms with E-state index in [2.05, 4.69) is 65.6 Å². The molecule has 0 amide bonds. The van der Waals surface area contributed by atoms with E-state index in [4.69, 9.17) is 0 Å². The highest BCUT2D eigenvalue weighted by molar-refractivity contribution is 5.21. The van der Waals surface area contributed by atoms with Crippen LogP contribution in [0.25, 0.3) is 0 Å². The summed E-state index contributed by atoms with van der Waals surface area (Å²) in [6, 6.07) is 21.8. The minimum absolute atomic E-state index is 0.199. The lowest BCUT2D eigenvalue weighted by Gasteiger charge is -2.29. The summed E-state index contributed by atoms with van der Waals surface area (Å²) in [5, 5.41) is 0. The van der Waals surface area contributed by atoms with Gasteiger partial charge in [-0.2, -0.15) is 0 Å². The Morgan fingerprint density at radius 2 is 1.77 bits per heavy atom. The maximum Gasteiger partial charge on any atom is 0.123 e. The minimum atomic E-state index is -0.199. The highest BCUT2D eigenvalue weighted by Crippen LogP contribution is 2.22. The van der Waals surface area contributed by atoms with Crippen molar-refractivity contribution in [2.75, 3.05) is 6.54 Å². The Labute approximate surface area is 155 Å². The normalized spacial score (nSPS) is 12.3. The Morgan fingerprint density at radius 1 is 1.04 bits per heavy atom. The summed E-state index contributed by atoms with van der Waals surface area (Å²) in [6.45, 7) is 8.54. The van der Waals surface area contributed by atoms with Crippen molar-refractivity contribution in [3.63, 3.8) is 0 Å². The van der Waals surface area contributed by atoms with Crippen LogP contribution in [0.1, 0.15) is 29.8 Å². The van der Waals surface area contributed by atoms with Crippen molar-refractivity contribution < 1.29 is 4.39 Å². The Bertz CT molecular complexity index is 821. The average molecular weight is 348 g/mol. The topological polar surface area (TPSA) is 8.17 Å². The van der Waals surface area contributed by atoms with E-state index in [9.17, 15) is 4.39 Å². The van der Waals surface area contributed by atoms with Gasteiger partial charge in [-0.05, 0) is 42.3 Å². The van der Waals surface area contributed by atoms with Gasteiger partial charge in [-0.15, -0.1) is 6.58 Å². The molecule has 2 aromatic carbocycles. The third kappa shape index (κ3) is 4.50. The van der Waals surface area contributed by atoms with E-state index in [1.165, 1.54) is 23.4 Å².